The number of rotatable bonds is 5. The van der Waals surface area contributed by atoms with Crippen LogP contribution in [0.4, 0.5) is 4.39 Å². The minimum Gasteiger partial charge on any atom is -0.459 e. The lowest BCUT2D eigenvalue weighted by Crippen LogP contribution is -2.39. The van der Waals surface area contributed by atoms with Crippen LogP contribution in [0.15, 0.2) is 24.3 Å². The molecular formula is C15H20FNO3. The Balaban J connectivity index is 2.54. The summed E-state index contributed by atoms with van der Waals surface area (Å²) in [5, 5.41) is 0. The van der Waals surface area contributed by atoms with Gasteiger partial charge < -0.3 is 10.5 Å². The largest absolute Gasteiger partial charge is 0.459 e. The highest BCUT2D eigenvalue weighted by atomic mass is 19.1. The summed E-state index contributed by atoms with van der Waals surface area (Å²) in [5.41, 5.74) is 5.28. The first-order valence-corrected chi connectivity index (χ1v) is 6.42. The minimum atomic E-state index is -1.02. The topological polar surface area (TPSA) is 69.4 Å². The van der Waals surface area contributed by atoms with Crippen molar-refractivity contribution in [2.24, 2.45) is 5.73 Å². The van der Waals surface area contributed by atoms with E-state index in [2.05, 4.69) is 0 Å². The summed E-state index contributed by atoms with van der Waals surface area (Å²) in [6.07, 6.45) is -0.244. The Bertz CT molecular complexity index is 494. The number of nitrogens with two attached hydrogens (primary N) is 1. The maximum absolute atomic E-state index is 13.4. The third kappa shape index (κ3) is 5.48. The van der Waals surface area contributed by atoms with Crippen LogP contribution in [0, 0.1) is 5.82 Å². The van der Waals surface area contributed by atoms with E-state index in [1.165, 1.54) is 12.1 Å². The number of carbonyl (C=O) groups excluding carboxylic acids is 2. The third-order valence-electron chi connectivity index (χ3n) is 2.50. The number of ether oxygens (including phenoxy) is 1. The molecule has 1 aromatic rings. The lowest BCUT2D eigenvalue weighted by Gasteiger charge is -2.21. The fraction of sp³-hybridized carbons (Fsp3) is 0.467. The summed E-state index contributed by atoms with van der Waals surface area (Å²) in [6, 6.07) is 5.01. The summed E-state index contributed by atoms with van der Waals surface area (Å²) in [5.74, 6) is -1.36. The third-order valence-corrected chi connectivity index (χ3v) is 2.50. The molecule has 0 saturated carbocycles. The molecule has 110 valence electrons. The molecule has 0 heterocycles. The molecule has 0 aliphatic rings. The molecule has 1 aromatic carbocycles. The van der Waals surface area contributed by atoms with E-state index in [0.29, 0.717) is 5.56 Å². The predicted octanol–water partition coefficient (Wildman–Crippen LogP) is 2.00. The molecule has 1 atom stereocenters. The van der Waals surface area contributed by atoms with Crippen LogP contribution in [-0.4, -0.2) is 23.4 Å². The van der Waals surface area contributed by atoms with Gasteiger partial charge in [0, 0.05) is 12.8 Å². The number of hydrogen-bond donors (Lipinski definition) is 1. The molecule has 2 N–H and O–H groups in total. The zero-order chi connectivity index (χ0) is 15.3. The Morgan fingerprint density at radius 3 is 2.45 bits per heavy atom. The standard InChI is InChI=1S/C15H20FNO3/c1-15(2,3)20-14(19)13(17)9-11(18)8-10-6-4-5-7-12(10)16/h4-7,13H,8-9,17H2,1-3H3. The predicted molar refractivity (Wildman–Crippen MR) is 73.5 cm³/mol. The molecule has 0 aliphatic carbocycles. The summed E-state index contributed by atoms with van der Waals surface area (Å²) < 4.78 is 18.5. The summed E-state index contributed by atoms with van der Waals surface area (Å²) in [4.78, 5) is 23.4. The highest BCUT2D eigenvalue weighted by Crippen LogP contribution is 2.11. The Morgan fingerprint density at radius 2 is 1.90 bits per heavy atom. The van der Waals surface area contributed by atoms with Crippen LogP contribution in [0.3, 0.4) is 0 Å². The van der Waals surface area contributed by atoms with E-state index in [1.807, 2.05) is 0 Å². The first-order chi connectivity index (χ1) is 9.19. The van der Waals surface area contributed by atoms with E-state index in [0.717, 1.165) is 0 Å². The lowest BCUT2D eigenvalue weighted by atomic mass is 10.0. The minimum absolute atomic E-state index is 0.0802. The van der Waals surface area contributed by atoms with Crippen LogP contribution >= 0.6 is 0 Å². The molecule has 1 unspecified atom stereocenters. The summed E-state index contributed by atoms with van der Waals surface area (Å²) in [7, 11) is 0. The number of halogens is 1. The zero-order valence-corrected chi connectivity index (χ0v) is 12.0. The highest BCUT2D eigenvalue weighted by Gasteiger charge is 2.24. The van der Waals surface area contributed by atoms with Crippen LogP contribution in [-0.2, 0) is 20.7 Å². The van der Waals surface area contributed by atoms with Crippen molar-refractivity contribution >= 4 is 11.8 Å². The van der Waals surface area contributed by atoms with E-state index in [1.54, 1.807) is 32.9 Å². The van der Waals surface area contributed by atoms with Gasteiger partial charge in [-0.3, -0.25) is 9.59 Å². The molecule has 0 amide bonds. The zero-order valence-electron chi connectivity index (χ0n) is 12.0. The molecule has 20 heavy (non-hydrogen) atoms. The van der Waals surface area contributed by atoms with Gasteiger partial charge in [-0.05, 0) is 32.4 Å². The van der Waals surface area contributed by atoms with Gasteiger partial charge in [-0.1, -0.05) is 18.2 Å². The van der Waals surface area contributed by atoms with E-state index in [-0.39, 0.29) is 18.6 Å². The number of esters is 1. The first kappa shape index (κ1) is 16.3. The van der Waals surface area contributed by atoms with Crippen LogP contribution in [0.25, 0.3) is 0 Å². The van der Waals surface area contributed by atoms with Gasteiger partial charge in [0.15, 0.2) is 0 Å². The monoisotopic (exact) mass is 281 g/mol. The van der Waals surface area contributed by atoms with Crippen molar-refractivity contribution in [3.05, 3.63) is 35.6 Å². The molecule has 1 rings (SSSR count). The van der Waals surface area contributed by atoms with E-state index in [9.17, 15) is 14.0 Å². The molecule has 5 heteroatoms. The van der Waals surface area contributed by atoms with Gasteiger partial charge in [-0.15, -0.1) is 0 Å². The van der Waals surface area contributed by atoms with Gasteiger partial charge in [-0.2, -0.15) is 0 Å². The molecule has 0 saturated heterocycles. The van der Waals surface area contributed by atoms with Gasteiger partial charge in [0.2, 0.25) is 0 Å². The number of carbonyl (C=O) groups is 2. The van der Waals surface area contributed by atoms with Crippen molar-refractivity contribution in [1.29, 1.82) is 0 Å². The molecule has 0 aliphatic heterocycles. The molecule has 0 radical (unpaired) electrons. The van der Waals surface area contributed by atoms with Crippen molar-refractivity contribution in [2.45, 2.75) is 45.3 Å². The fourth-order valence-corrected chi connectivity index (χ4v) is 1.63. The normalized spacial score (nSPS) is 12.8. The number of benzene rings is 1. The van der Waals surface area contributed by atoms with Crippen molar-refractivity contribution in [1.82, 2.24) is 0 Å². The Kier molecular flexibility index (Phi) is 5.39. The second-order valence-corrected chi connectivity index (χ2v) is 5.65. The van der Waals surface area contributed by atoms with E-state index in [4.69, 9.17) is 10.5 Å². The SMILES string of the molecule is CC(C)(C)OC(=O)C(N)CC(=O)Cc1ccccc1F. The van der Waals surface area contributed by atoms with Crippen molar-refractivity contribution < 1.29 is 18.7 Å². The van der Waals surface area contributed by atoms with Gasteiger partial charge >= 0.3 is 5.97 Å². The van der Waals surface area contributed by atoms with Crippen LogP contribution < -0.4 is 5.73 Å². The quantitative estimate of drug-likeness (QED) is 0.838. The Hall–Kier alpha value is -1.75. The maximum Gasteiger partial charge on any atom is 0.323 e. The fourth-order valence-electron chi connectivity index (χ4n) is 1.63. The van der Waals surface area contributed by atoms with Gasteiger partial charge in [0.1, 0.15) is 23.2 Å². The van der Waals surface area contributed by atoms with E-state index >= 15 is 0 Å². The van der Waals surface area contributed by atoms with Crippen LogP contribution in [0.1, 0.15) is 32.8 Å². The molecule has 0 fully saturated rings. The Labute approximate surface area is 118 Å². The second kappa shape index (κ2) is 6.61. The van der Waals surface area contributed by atoms with Gasteiger partial charge in [0.05, 0.1) is 0 Å². The number of ketones is 1. The van der Waals surface area contributed by atoms with E-state index < -0.39 is 23.4 Å². The van der Waals surface area contributed by atoms with Crippen molar-refractivity contribution in [2.75, 3.05) is 0 Å². The molecule has 0 bridgehead atoms. The average Bonchev–Trinajstić information content (AvgIpc) is 2.29. The molecule has 0 aromatic heterocycles. The average molecular weight is 281 g/mol. The molecular weight excluding hydrogens is 261 g/mol. The molecule has 4 nitrogen and oxygen atoms in total. The Morgan fingerprint density at radius 1 is 1.30 bits per heavy atom. The summed E-state index contributed by atoms with van der Waals surface area (Å²) in [6.45, 7) is 5.16. The van der Waals surface area contributed by atoms with Crippen LogP contribution in [0.5, 0.6) is 0 Å². The number of hydrogen-bond acceptors (Lipinski definition) is 4. The van der Waals surface area contributed by atoms with Crippen LogP contribution in [0.2, 0.25) is 0 Å². The van der Waals surface area contributed by atoms with Crippen molar-refractivity contribution in [3.63, 3.8) is 0 Å². The molecule has 0 spiro atoms. The van der Waals surface area contributed by atoms with Crippen molar-refractivity contribution in [3.8, 4) is 0 Å². The summed E-state index contributed by atoms with van der Waals surface area (Å²) >= 11 is 0. The lowest BCUT2D eigenvalue weighted by molar-refractivity contribution is -0.157. The second-order valence-electron chi connectivity index (χ2n) is 5.65. The number of Topliss-reactive ketones (excluding diaryl/α,β-unsaturated/α-hetero) is 1. The van der Waals surface area contributed by atoms with Gasteiger partial charge in [0.25, 0.3) is 0 Å². The maximum atomic E-state index is 13.4. The highest BCUT2D eigenvalue weighted by molar-refractivity contribution is 5.87. The first-order valence-electron chi connectivity index (χ1n) is 6.42. The van der Waals surface area contributed by atoms with Gasteiger partial charge in [-0.25, -0.2) is 4.39 Å². The smallest absolute Gasteiger partial charge is 0.323 e.